The second-order valence-corrected chi connectivity index (χ2v) is 9.47. The van der Waals surface area contributed by atoms with Crippen LogP contribution in [0.5, 0.6) is 0 Å². The van der Waals surface area contributed by atoms with Crippen LogP contribution in [0.25, 0.3) is 0 Å². The van der Waals surface area contributed by atoms with Crippen molar-refractivity contribution in [3.8, 4) is 0 Å². The van der Waals surface area contributed by atoms with Gasteiger partial charge in [0.05, 0.1) is 11.9 Å². The molecule has 164 valence electrons. The Morgan fingerprint density at radius 3 is 2.90 bits per heavy atom. The van der Waals surface area contributed by atoms with Crippen molar-refractivity contribution < 1.29 is 19.1 Å². The summed E-state index contributed by atoms with van der Waals surface area (Å²) in [6, 6.07) is 8.21. The minimum atomic E-state index is -1.23. The lowest BCUT2D eigenvalue weighted by molar-refractivity contribution is -0.138. The molecule has 0 aliphatic carbocycles. The molecule has 0 saturated carbocycles. The minimum Gasteiger partial charge on any atom is -0.376 e. The normalized spacial score (nSPS) is 23.1. The number of hydrogen-bond acceptors (Lipinski definition) is 9. The van der Waals surface area contributed by atoms with Gasteiger partial charge < -0.3 is 15.4 Å². The number of amides is 4. The van der Waals surface area contributed by atoms with Crippen molar-refractivity contribution >= 4 is 46.1 Å². The quantitative estimate of drug-likeness (QED) is 0.400. The first-order valence-corrected chi connectivity index (χ1v) is 11.6. The number of urea groups is 1. The lowest BCUT2D eigenvalue weighted by Crippen LogP contribution is -2.48. The fraction of sp³-hybridized carbons (Fsp3) is 0.421. The lowest BCUT2D eigenvalue weighted by Gasteiger charge is -2.22. The van der Waals surface area contributed by atoms with Crippen molar-refractivity contribution in [1.29, 1.82) is 0 Å². The molecule has 4 amide bonds. The maximum absolute atomic E-state index is 12.8. The second kappa shape index (κ2) is 9.20. The molecule has 12 heteroatoms. The van der Waals surface area contributed by atoms with E-state index >= 15 is 0 Å². The molecule has 2 atom stereocenters. The van der Waals surface area contributed by atoms with Gasteiger partial charge in [-0.2, -0.15) is 5.01 Å². The van der Waals surface area contributed by atoms with Crippen molar-refractivity contribution in [2.45, 2.75) is 35.7 Å². The van der Waals surface area contributed by atoms with Crippen LogP contribution < -0.4 is 16.1 Å². The van der Waals surface area contributed by atoms with Gasteiger partial charge in [0, 0.05) is 13.2 Å². The summed E-state index contributed by atoms with van der Waals surface area (Å²) in [6.07, 6.45) is 2.29. The maximum Gasteiger partial charge on any atom is 0.344 e. The Morgan fingerprint density at radius 2 is 2.16 bits per heavy atom. The topological polar surface area (TPSA) is 126 Å². The molecule has 1 aromatic heterocycles. The number of carbonyl (C=O) groups excluding carboxylic acids is 3. The zero-order chi connectivity index (χ0) is 21.8. The van der Waals surface area contributed by atoms with E-state index in [1.54, 1.807) is 31.2 Å². The van der Waals surface area contributed by atoms with Gasteiger partial charge in [0.25, 0.3) is 5.91 Å². The van der Waals surface area contributed by atoms with Crippen molar-refractivity contribution in [3.63, 3.8) is 0 Å². The standard InChI is InChI=1S/C19H22N6O4S2/c1-19(12-6-3-2-4-7-12)15(27)25(17(28)21-19)24-14(26)11-30-18-23-22-16(31-18)20-10-13-8-5-9-29-13/h2-4,6-7,13H,5,8-11H2,1H3,(H,20,22)(H,21,28)(H,24,26)/t13-,19+/m1/s1. The third kappa shape index (κ3) is 4.81. The summed E-state index contributed by atoms with van der Waals surface area (Å²) in [6.45, 7) is 3.07. The summed E-state index contributed by atoms with van der Waals surface area (Å²) in [4.78, 5) is 37.5. The van der Waals surface area contributed by atoms with Crippen LogP contribution in [-0.2, 0) is 19.9 Å². The van der Waals surface area contributed by atoms with Gasteiger partial charge in [-0.05, 0) is 25.3 Å². The van der Waals surface area contributed by atoms with Crippen LogP contribution in [0.1, 0.15) is 25.3 Å². The van der Waals surface area contributed by atoms with Crippen molar-refractivity contribution in [2.75, 3.05) is 24.2 Å². The number of anilines is 1. The summed E-state index contributed by atoms with van der Waals surface area (Å²) >= 11 is 2.51. The number of aromatic nitrogens is 2. The minimum absolute atomic E-state index is 0.0144. The van der Waals surface area contributed by atoms with Crippen LogP contribution in [0.4, 0.5) is 9.93 Å². The van der Waals surface area contributed by atoms with Gasteiger partial charge in [-0.25, -0.2) is 4.79 Å². The molecule has 2 fully saturated rings. The molecule has 3 heterocycles. The first-order valence-electron chi connectivity index (χ1n) is 9.79. The predicted molar refractivity (Wildman–Crippen MR) is 115 cm³/mol. The monoisotopic (exact) mass is 462 g/mol. The predicted octanol–water partition coefficient (Wildman–Crippen LogP) is 1.72. The van der Waals surface area contributed by atoms with Gasteiger partial charge in [-0.1, -0.05) is 53.4 Å². The molecule has 0 spiro atoms. The molecule has 0 bridgehead atoms. The van der Waals surface area contributed by atoms with Crippen molar-refractivity contribution in [2.24, 2.45) is 0 Å². The Kier molecular flexibility index (Phi) is 6.39. The number of imide groups is 1. The molecule has 3 N–H and O–H groups in total. The average Bonchev–Trinajstić information content (AvgIpc) is 3.50. The molecule has 2 aromatic rings. The number of carbonyl (C=O) groups is 3. The molecule has 2 aliphatic heterocycles. The largest absolute Gasteiger partial charge is 0.376 e. The van der Waals surface area contributed by atoms with Crippen LogP contribution >= 0.6 is 23.1 Å². The number of benzene rings is 1. The highest BCUT2D eigenvalue weighted by atomic mass is 32.2. The zero-order valence-corrected chi connectivity index (χ0v) is 18.4. The number of thioether (sulfide) groups is 1. The summed E-state index contributed by atoms with van der Waals surface area (Å²) in [5, 5.41) is 15.3. The Balaban J connectivity index is 1.28. The first-order chi connectivity index (χ1) is 15.0. The van der Waals surface area contributed by atoms with Gasteiger partial charge in [0.2, 0.25) is 11.0 Å². The smallest absolute Gasteiger partial charge is 0.344 e. The summed E-state index contributed by atoms with van der Waals surface area (Å²) in [5.74, 6) is -1.05. The molecular formula is C19H22N6O4S2. The summed E-state index contributed by atoms with van der Waals surface area (Å²) in [5.41, 5.74) is 1.78. The molecule has 31 heavy (non-hydrogen) atoms. The average molecular weight is 463 g/mol. The second-order valence-electron chi connectivity index (χ2n) is 7.27. The first kappa shape index (κ1) is 21.5. The lowest BCUT2D eigenvalue weighted by atomic mass is 9.92. The van der Waals surface area contributed by atoms with Crippen LogP contribution in [0, 0.1) is 0 Å². The molecule has 4 rings (SSSR count). The molecule has 2 saturated heterocycles. The molecular weight excluding hydrogens is 440 g/mol. The van der Waals surface area contributed by atoms with E-state index in [4.69, 9.17) is 4.74 Å². The number of ether oxygens (including phenoxy) is 1. The number of nitrogens with one attached hydrogen (secondary N) is 3. The fourth-order valence-electron chi connectivity index (χ4n) is 3.34. The van der Waals surface area contributed by atoms with E-state index in [1.807, 2.05) is 6.07 Å². The Hall–Kier alpha value is -2.70. The van der Waals surface area contributed by atoms with E-state index in [2.05, 4.69) is 26.3 Å². The van der Waals surface area contributed by atoms with Crippen molar-refractivity contribution in [1.82, 2.24) is 25.9 Å². The highest BCUT2D eigenvalue weighted by Gasteiger charge is 2.49. The van der Waals surface area contributed by atoms with E-state index in [0.29, 0.717) is 21.6 Å². The third-order valence-electron chi connectivity index (χ3n) is 5.02. The van der Waals surface area contributed by atoms with Crippen molar-refractivity contribution in [3.05, 3.63) is 35.9 Å². The molecule has 2 aliphatic rings. The van der Waals surface area contributed by atoms with Crippen LogP contribution in [-0.4, -0.2) is 58.1 Å². The van der Waals surface area contributed by atoms with E-state index in [0.717, 1.165) is 24.5 Å². The Morgan fingerprint density at radius 1 is 1.35 bits per heavy atom. The van der Waals surface area contributed by atoms with Crippen LogP contribution in [0.15, 0.2) is 34.7 Å². The van der Waals surface area contributed by atoms with Crippen LogP contribution in [0.3, 0.4) is 0 Å². The maximum atomic E-state index is 12.8. The van der Waals surface area contributed by atoms with Crippen LogP contribution in [0.2, 0.25) is 0 Å². The van der Waals surface area contributed by atoms with Gasteiger partial charge in [0.1, 0.15) is 5.54 Å². The highest BCUT2D eigenvalue weighted by Crippen LogP contribution is 2.28. The zero-order valence-electron chi connectivity index (χ0n) is 16.8. The van der Waals surface area contributed by atoms with Gasteiger partial charge >= 0.3 is 6.03 Å². The number of nitrogens with zero attached hydrogens (tertiary/aromatic N) is 3. The highest BCUT2D eigenvalue weighted by molar-refractivity contribution is 8.01. The number of hydrazine groups is 1. The van der Waals surface area contributed by atoms with E-state index in [-0.39, 0.29) is 11.9 Å². The van der Waals surface area contributed by atoms with Gasteiger partial charge in [0.15, 0.2) is 4.34 Å². The summed E-state index contributed by atoms with van der Waals surface area (Å²) < 4.78 is 6.16. The molecule has 1 aromatic carbocycles. The Labute approximate surface area is 187 Å². The van der Waals surface area contributed by atoms with E-state index in [9.17, 15) is 14.4 Å². The van der Waals surface area contributed by atoms with Gasteiger partial charge in [-0.3, -0.25) is 15.0 Å². The Bertz CT molecular complexity index is 965. The molecule has 10 nitrogen and oxygen atoms in total. The third-order valence-corrected chi connectivity index (χ3v) is 7.03. The van der Waals surface area contributed by atoms with E-state index < -0.39 is 23.4 Å². The number of hydrogen-bond donors (Lipinski definition) is 3. The van der Waals surface area contributed by atoms with E-state index in [1.165, 1.54) is 23.1 Å². The number of rotatable bonds is 8. The van der Waals surface area contributed by atoms with Gasteiger partial charge in [-0.15, -0.1) is 10.2 Å². The fourth-order valence-corrected chi connectivity index (χ4v) is 4.89. The summed E-state index contributed by atoms with van der Waals surface area (Å²) in [7, 11) is 0. The molecule has 0 unspecified atom stereocenters. The molecule has 0 radical (unpaired) electrons. The SMILES string of the molecule is C[C@@]1(c2ccccc2)NC(=O)N(NC(=O)CSc2nnc(NC[C@H]3CCCO3)s2)C1=O.